The highest BCUT2D eigenvalue weighted by Gasteiger charge is 2.16. The Morgan fingerprint density at radius 1 is 1.25 bits per heavy atom. The van der Waals surface area contributed by atoms with Crippen LogP contribution in [-0.2, 0) is 7.05 Å². The molecule has 124 valence electrons. The molecule has 0 spiro atoms. The molecule has 3 aromatic rings. The number of Topliss-reactive ketones (excluding diaryl/α,β-unsaturated/α-hetero) is 1. The van der Waals surface area contributed by atoms with Crippen LogP contribution in [0.3, 0.4) is 0 Å². The van der Waals surface area contributed by atoms with E-state index in [-0.39, 0.29) is 11.5 Å². The van der Waals surface area contributed by atoms with Gasteiger partial charge in [-0.3, -0.25) is 9.48 Å². The van der Waals surface area contributed by atoms with E-state index in [0.717, 1.165) is 16.1 Å². The number of hydrogen-bond donors (Lipinski definition) is 0. The Balaban J connectivity index is 1.80. The second-order valence-corrected chi connectivity index (χ2v) is 5.93. The van der Waals surface area contributed by atoms with Gasteiger partial charge in [-0.2, -0.15) is 5.10 Å². The molecule has 0 amide bonds. The fourth-order valence-electron chi connectivity index (χ4n) is 2.30. The number of thioether (sulfide) groups is 1. The molecule has 0 bridgehead atoms. The Morgan fingerprint density at radius 2 is 2.08 bits per heavy atom. The van der Waals surface area contributed by atoms with Gasteiger partial charge in [0.2, 0.25) is 0 Å². The van der Waals surface area contributed by atoms with E-state index in [2.05, 4.69) is 15.1 Å². The number of hydrogen-bond acceptors (Lipinski definition) is 7. The average Bonchev–Trinajstić information content (AvgIpc) is 3.00. The number of aromatic nitrogens is 4. The molecule has 8 heteroatoms. The maximum Gasteiger partial charge on any atom is 0.176 e. The molecule has 0 aliphatic rings. The van der Waals surface area contributed by atoms with Gasteiger partial charge in [0.05, 0.1) is 37.1 Å². The van der Waals surface area contributed by atoms with Gasteiger partial charge in [-0.1, -0.05) is 11.8 Å². The zero-order valence-corrected chi connectivity index (χ0v) is 14.3. The molecule has 0 aliphatic heterocycles. The van der Waals surface area contributed by atoms with Crippen molar-refractivity contribution < 1.29 is 14.3 Å². The molecular formula is C16H16N4O3S. The quantitative estimate of drug-likeness (QED) is 0.386. The van der Waals surface area contributed by atoms with Crippen molar-refractivity contribution in [2.45, 2.75) is 5.03 Å². The summed E-state index contributed by atoms with van der Waals surface area (Å²) in [6.45, 7) is 0. The lowest BCUT2D eigenvalue weighted by molar-refractivity contribution is 0.101. The average molecular weight is 344 g/mol. The molecule has 1 aromatic carbocycles. The van der Waals surface area contributed by atoms with E-state index in [4.69, 9.17) is 9.47 Å². The minimum atomic E-state index is -0.0462. The first-order valence-corrected chi connectivity index (χ1v) is 8.13. The molecule has 2 aromatic heterocycles. The van der Waals surface area contributed by atoms with Crippen LogP contribution in [0.2, 0.25) is 0 Å². The predicted octanol–water partition coefficient (Wildman–Crippen LogP) is 2.36. The number of methoxy groups -OCH3 is 2. The highest BCUT2D eigenvalue weighted by molar-refractivity contribution is 8.00. The minimum absolute atomic E-state index is 0.0462. The van der Waals surface area contributed by atoms with Gasteiger partial charge < -0.3 is 9.47 Å². The molecule has 0 saturated heterocycles. The van der Waals surface area contributed by atoms with E-state index in [0.29, 0.717) is 17.1 Å². The first-order chi connectivity index (χ1) is 11.6. The molecule has 24 heavy (non-hydrogen) atoms. The highest BCUT2D eigenvalue weighted by Crippen LogP contribution is 2.28. The first kappa shape index (κ1) is 16.3. The van der Waals surface area contributed by atoms with Crippen LogP contribution in [0, 0.1) is 0 Å². The summed E-state index contributed by atoms with van der Waals surface area (Å²) < 4.78 is 12.1. The number of benzene rings is 1. The molecule has 0 N–H and O–H groups in total. The zero-order chi connectivity index (χ0) is 17.1. The van der Waals surface area contributed by atoms with Gasteiger partial charge in [0.15, 0.2) is 11.4 Å². The number of carbonyl (C=O) groups is 1. The van der Waals surface area contributed by atoms with Crippen molar-refractivity contribution >= 4 is 28.6 Å². The van der Waals surface area contributed by atoms with Crippen LogP contribution in [0.25, 0.3) is 11.0 Å². The van der Waals surface area contributed by atoms with Crippen molar-refractivity contribution in [1.82, 2.24) is 19.7 Å². The van der Waals surface area contributed by atoms with Gasteiger partial charge in [0, 0.05) is 13.1 Å². The maximum atomic E-state index is 12.5. The van der Waals surface area contributed by atoms with E-state index in [1.54, 1.807) is 36.2 Å². The van der Waals surface area contributed by atoms with E-state index >= 15 is 0 Å². The fraction of sp³-hybridized carbons (Fsp3) is 0.250. The summed E-state index contributed by atoms with van der Waals surface area (Å²) >= 11 is 1.35. The number of carbonyl (C=O) groups excluding carboxylic acids is 1. The Morgan fingerprint density at radius 3 is 2.83 bits per heavy atom. The Kier molecular flexibility index (Phi) is 4.66. The lowest BCUT2D eigenvalue weighted by Crippen LogP contribution is -2.05. The van der Waals surface area contributed by atoms with Crippen molar-refractivity contribution in [2.75, 3.05) is 20.0 Å². The van der Waals surface area contributed by atoms with Crippen molar-refractivity contribution in [2.24, 2.45) is 7.05 Å². The summed E-state index contributed by atoms with van der Waals surface area (Å²) in [4.78, 5) is 21.0. The first-order valence-electron chi connectivity index (χ1n) is 7.14. The van der Waals surface area contributed by atoms with Gasteiger partial charge in [-0.25, -0.2) is 9.97 Å². The van der Waals surface area contributed by atoms with Gasteiger partial charge in [-0.15, -0.1) is 0 Å². The Labute approximate surface area is 143 Å². The molecule has 3 rings (SSSR count). The van der Waals surface area contributed by atoms with E-state index in [9.17, 15) is 4.79 Å². The summed E-state index contributed by atoms with van der Waals surface area (Å²) in [6.07, 6.45) is 3.18. The zero-order valence-electron chi connectivity index (χ0n) is 13.5. The number of fused-ring (bicyclic) bond motifs is 1. The molecule has 0 radical (unpaired) electrons. The summed E-state index contributed by atoms with van der Waals surface area (Å²) in [5, 5.41) is 5.73. The van der Waals surface area contributed by atoms with Crippen LogP contribution < -0.4 is 9.47 Å². The molecule has 0 aliphatic carbocycles. The predicted molar refractivity (Wildman–Crippen MR) is 90.9 cm³/mol. The third-order valence-electron chi connectivity index (χ3n) is 3.54. The monoisotopic (exact) mass is 344 g/mol. The van der Waals surface area contributed by atoms with Crippen LogP contribution in [-0.4, -0.2) is 45.5 Å². The summed E-state index contributed by atoms with van der Waals surface area (Å²) in [7, 11) is 4.92. The van der Waals surface area contributed by atoms with Crippen molar-refractivity contribution in [3.8, 4) is 11.5 Å². The summed E-state index contributed by atoms with van der Waals surface area (Å²) in [5.74, 6) is 1.33. The van der Waals surface area contributed by atoms with Gasteiger partial charge in [0.25, 0.3) is 0 Å². The fourth-order valence-corrected chi connectivity index (χ4v) is 3.14. The van der Waals surface area contributed by atoms with E-state index in [1.165, 1.54) is 25.2 Å². The lowest BCUT2D eigenvalue weighted by atomic mass is 10.1. The van der Waals surface area contributed by atoms with Gasteiger partial charge in [0.1, 0.15) is 22.9 Å². The van der Waals surface area contributed by atoms with Gasteiger partial charge >= 0.3 is 0 Å². The van der Waals surface area contributed by atoms with Crippen LogP contribution in [0.5, 0.6) is 11.5 Å². The molecule has 0 fully saturated rings. The maximum absolute atomic E-state index is 12.5. The number of nitrogens with zero attached hydrogens (tertiary/aromatic N) is 4. The van der Waals surface area contributed by atoms with E-state index < -0.39 is 0 Å². The highest BCUT2D eigenvalue weighted by atomic mass is 32.2. The molecular weight excluding hydrogens is 328 g/mol. The third-order valence-corrected chi connectivity index (χ3v) is 4.55. The normalized spacial score (nSPS) is 10.8. The molecule has 0 saturated carbocycles. The number of rotatable bonds is 6. The SMILES string of the molecule is COc1ccc(C(=O)CSc2ncnc3c2cnn3C)c(OC)c1. The Bertz CT molecular complexity index is 894. The van der Waals surface area contributed by atoms with Crippen molar-refractivity contribution in [3.63, 3.8) is 0 Å². The van der Waals surface area contributed by atoms with Crippen LogP contribution >= 0.6 is 11.8 Å². The van der Waals surface area contributed by atoms with Gasteiger partial charge in [-0.05, 0) is 12.1 Å². The second kappa shape index (κ2) is 6.88. The topological polar surface area (TPSA) is 79.1 Å². The molecule has 7 nitrogen and oxygen atoms in total. The van der Waals surface area contributed by atoms with Crippen LogP contribution in [0.1, 0.15) is 10.4 Å². The smallest absolute Gasteiger partial charge is 0.176 e. The minimum Gasteiger partial charge on any atom is -0.497 e. The summed E-state index contributed by atoms with van der Waals surface area (Å²) in [6, 6.07) is 5.15. The third kappa shape index (κ3) is 3.05. The Hall–Kier alpha value is -2.61. The van der Waals surface area contributed by atoms with E-state index in [1.807, 2.05) is 7.05 Å². The lowest BCUT2D eigenvalue weighted by Gasteiger charge is -2.09. The largest absolute Gasteiger partial charge is 0.497 e. The standard InChI is InChI=1S/C16H16N4O3S/c1-20-15-12(7-19-20)16(18-9-17-15)24-8-13(21)11-5-4-10(22-2)6-14(11)23-3/h4-7,9H,8H2,1-3H3. The van der Waals surface area contributed by atoms with Crippen LogP contribution in [0.4, 0.5) is 0 Å². The summed E-state index contributed by atoms with van der Waals surface area (Å²) in [5.41, 5.74) is 1.25. The van der Waals surface area contributed by atoms with Crippen molar-refractivity contribution in [1.29, 1.82) is 0 Å². The number of ether oxygens (including phenoxy) is 2. The number of ketones is 1. The van der Waals surface area contributed by atoms with Crippen molar-refractivity contribution in [3.05, 3.63) is 36.3 Å². The molecule has 0 atom stereocenters. The number of aryl methyl sites for hydroxylation is 1. The van der Waals surface area contributed by atoms with Crippen LogP contribution in [0.15, 0.2) is 35.7 Å². The second-order valence-electron chi connectivity index (χ2n) is 4.96. The molecule has 0 unspecified atom stereocenters. The molecule has 2 heterocycles.